The Labute approximate surface area is 251 Å². The van der Waals surface area contributed by atoms with Gasteiger partial charge in [0, 0.05) is 31.9 Å². The molecule has 1 N–H and O–H groups in total. The molecule has 3 amide bonds. The Morgan fingerprint density at radius 1 is 0.833 bits per heavy atom. The number of anilines is 2. The van der Waals surface area contributed by atoms with Crippen molar-refractivity contribution < 1.29 is 24.2 Å². The average Bonchev–Trinajstić information content (AvgIpc) is 3.24. The van der Waals surface area contributed by atoms with Crippen LogP contribution in [0.25, 0.3) is 0 Å². The molecule has 8 nitrogen and oxygen atoms in total. The lowest BCUT2D eigenvalue weighted by molar-refractivity contribution is -0.144. The monoisotopic (exact) mass is 589 g/mol. The summed E-state index contributed by atoms with van der Waals surface area (Å²) in [6, 6.07) is 15.6. The first-order valence-corrected chi connectivity index (χ1v) is 15.1. The maximum atomic E-state index is 14.6. The van der Waals surface area contributed by atoms with Crippen molar-refractivity contribution in [2.24, 2.45) is 11.8 Å². The Morgan fingerprint density at radius 3 is 2.29 bits per heavy atom. The maximum Gasteiger partial charge on any atom is 0.253 e. The molecule has 2 aromatic carbocycles. The number of benzene rings is 2. The Hall–Kier alpha value is -3.46. The Morgan fingerprint density at radius 2 is 1.52 bits per heavy atom. The van der Waals surface area contributed by atoms with Gasteiger partial charge in [0.25, 0.3) is 5.91 Å². The zero-order chi connectivity index (χ0) is 29.5. The van der Waals surface area contributed by atoms with Gasteiger partial charge in [-0.2, -0.15) is 0 Å². The van der Waals surface area contributed by atoms with Gasteiger partial charge >= 0.3 is 0 Å². The molecule has 2 fully saturated rings. The molecule has 0 radical (unpaired) electrons. The molecule has 2 saturated heterocycles. The topological polar surface area (TPSA) is 90.4 Å². The molecule has 1 spiro atoms. The first kappa shape index (κ1) is 28.6. The van der Waals surface area contributed by atoms with Crippen LogP contribution in [0.5, 0.6) is 0 Å². The molecule has 0 aromatic heterocycles. The summed E-state index contributed by atoms with van der Waals surface area (Å²) < 4.78 is 6.92. The number of amides is 3. The number of ether oxygens (including phenoxy) is 1. The van der Waals surface area contributed by atoms with Gasteiger partial charge in [-0.3, -0.25) is 14.4 Å². The van der Waals surface area contributed by atoms with Crippen molar-refractivity contribution in [2.45, 2.75) is 49.9 Å². The van der Waals surface area contributed by atoms with Crippen molar-refractivity contribution in [3.8, 4) is 0 Å². The molecule has 9 heteroatoms. The molecule has 0 aliphatic carbocycles. The smallest absolute Gasteiger partial charge is 0.253 e. The highest BCUT2D eigenvalue weighted by atomic mass is 35.5. The molecule has 42 heavy (non-hydrogen) atoms. The van der Waals surface area contributed by atoms with E-state index in [9.17, 15) is 19.5 Å². The zero-order valence-corrected chi connectivity index (χ0v) is 24.5. The normalized spacial score (nSPS) is 30.3. The van der Waals surface area contributed by atoms with E-state index in [0.717, 1.165) is 18.5 Å². The van der Waals surface area contributed by atoms with Gasteiger partial charge in [0.2, 0.25) is 11.8 Å². The molecule has 1 unspecified atom stereocenters. The number of hydrogen-bond acceptors (Lipinski definition) is 5. The van der Waals surface area contributed by atoms with E-state index in [-0.39, 0.29) is 30.9 Å². The van der Waals surface area contributed by atoms with E-state index >= 15 is 0 Å². The first-order valence-electron chi connectivity index (χ1n) is 14.7. The lowest BCUT2D eigenvalue weighted by atomic mass is 9.74. The molecule has 6 rings (SSSR count). The van der Waals surface area contributed by atoms with Crippen LogP contribution >= 0.6 is 11.6 Å². The van der Waals surface area contributed by atoms with Gasteiger partial charge in [0.15, 0.2) is 0 Å². The predicted octanol–water partition coefficient (Wildman–Crippen LogP) is 4.37. The number of rotatable bonds is 8. The van der Waals surface area contributed by atoms with Crippen molar-refractivity contribution in [2.75, 3.05) is 36.0 Å². The number of carbonyl (C=O) groups is 3. The highest BCUT2D eigenvalue weighted by molar-refractivity contribution is 6.34. The molecule has 4 aliphatic heterocycles. The van der Waals surface area contributed by atoms with E-state index in [4.69, 9.17) is 16.3 Å². The third-order valence-electron chi connectivity index (χ3n) is 9.08. The average molecular weight is 590 g/mol. The minimum absolute atomic E-state index is 0.119. The number of halogens is 1. The second kappa shape index (κ2) is 11.3. The number of nitrogens with zero attached hydrogens (tertiary/aromatic N) is 3. The van der Waals surface area contributed by atoms with Crippen LogP contribution in [-0.2, 0) is 19.1 Å². The van der Waals surface area contributed by atoms with Crippen LogP contribution in [0, 0.1) is 11.8 Å². The van der Waals surface area contributed by atoms with Crippen LogP contribution in [-0.4, -0.2) is 71.2 Å². The van der Waals surface area contributed by atoms with Crippen LogP contribution in [0.1, 0.15) is 32.6 Å². The van der Waals surface area contributed by atoms with Gasteiger partial charge in [0.05, 0.1) is 28.1 Å². The van der Waals surface area contributed by atoms with Crippen molar-refractivity contribution in [3.05, 3.63) is 83.9 Å². The molecule has 4 heterocycles. The number of aliphatic hydroxyl groups is 1. The fourth-order valence-corrected chi connectivity index (χ4v) is 7.47. The summed E-state index contributed by atoms with van der Waals surface area (Å²) in [6.07, 6.45) is 10.5. The molecule has 4 aliphatic rings. The summed E-state index contributed by atoms with van der Waals surface area (Å²) in [6.45, 7) is 2.94. The molecule has 220 valence electrons. The number of fused-ring (bicyclic) bond motifs is 2. The van der Waals surface area contributed by atoms with Crippen molar-refractivity contribution in [1.82, 2.24) is 4.90 Å². The fourth-order valence-electron chi connectivity index (χ4n) is 7.24. The van der Waals surface area contributed by atoms with Crippen molar-refractivity contribution in [1.29, 1.82) is 0 Å². The summed E-state index contributed by atoms with van der Waals surface area (Å²) in [4.78, 5) is 48.4. The van der Waals surface area contributed by atoms with Crippen LogP contribution in [0.4, 0.5) is 11.4 Å². The predicted molar refractivity (Wildman–Crippen MR) is 161 cm³/mol. The molecule has 0 saturated carbocycles. The molecule has 5 atom stereocenters. The van der Waals surface area contributed by atoms with E-state index in [1.807, 2.05) is 73.7 Å². The minimum atomic E-state index is -1.33. The van der Waals surface area contributed by atoms with Gasteiger partial charge in [-0.15, -0.1) is 0 Å². The Bertz CT molecular complexity index is 1430. The summed E-state index contributed by atoms with van der Waals surface area (Å²) in [5.41, 5.74) is -1.10. The van der Waals surface area contributed by atoms with Crippen molar-refractivity contribution >= 4 is 40.7 Å². The Balaban J connectivity index is 1.43. The number of carbonyl (C=O) groups excluding carboxylic acids is 3. The summed E-state index contributed by atoms with van der Waals surface area (Å²) >= 11 is 6.55. The second-order valence-corrected chi connectivity index (χ2v) is 12.1. The van der Waals surface area contributed by atoms with Crippen LogP contribution in [0.3, 0.4) is 0 Å². The van der Waals surface area contributed by atoms with Crippen LogP contribution < -0.4 is 9.80 Å². The zero-order valence-electron chi connectivity index (χ0n) is 23.7. The first-order chi connectivity index (χ1) is 20.3. The second-order valence-electron chi connectivity index (χ2n) is 11.7. The van der Waals surface area contributed by atoms with Gasteiger partial charge < -0.3 is 24.5 Å². The quantitative estimate of drug-likeness (QED) is 0.365. The molecule has 2 aromatic rings. The molecule has 0 bridgehead atoms. The van der Waals surface area contributed by atoms with Gasteiger partial charge in [-0.05, 0) is 44.0 Å². The van der Waals surface area contributed by atoms with Crippen LogP contribution in [0.2, 0.25) is 5.02 Å². The summed E-state index contributed by atoms with van der Waals surface area (Å²) in [7, 11) is 0. The number of aliphatic hydroxyl groups excluding tert-OH is 1. The van der Waals surface area contributed by atoms with Crippen LogP contribution in [0.15, 0.2) is 78.9 Å². The fraction of sp³-hybridized carbons (Fsp3) is 0.424. The van der Waals surface area contributed by atoms with E-state index < -0.39 is 29.1 Å². The highest BCUT2D eigenvalue weighted by Crippen LogP contribution is 2.57. The lowest BCUT2D eigenvalue weighted by Crippen LogP contribution is -2.56. The minimum Gasteiger partial charge on any atom is -0.396 e. The number of unbranched alkanes of at least 4 members (excludes halogenated alkanes) is 3. The lowest BCUT2D eigenvalue weighted by Gasteiger charge is -2.37. The van der Waals surface area contributed by atoms with Gasteiger partial charge in [-0.1, -0.05) is 79.1 Å². The SMILES string of the molecule is C[C@]12C=CCN(c3ccccc3)C(=O)[C@H]1[C@H]1C(=O)N(CCCCCCO)C3C(=O)N(c4ccccc4Cl)CC=C[C@@]31O2. The summed E-state index contributed by atoms with van der Waals surface area (Å²) in [5, 5.41) is 9.64. The molecular formula is C33H36ClN3O5. The number of likely N-dealkylation sites (tertiary alicyclic amines) is 1. The third kappa shape index (κ3) is 4.57. The maximum absolute atomic E-state index is 14.6. The van der Waals surface area contributed by atoms with E-state index in [2.05, 4.69) is 0 Å². The largest absolute Gasteiger partial charge is 0.396 e. The standard InChI is InChI=1S/C33H36ClN3O5/c1-32-17-11-20-35(23-13-5-4-6-14-23)29(39)26(32)27-30(40)37(19-9-2-3-10-22-38)28-31(41)36(21-12-18-33(27,28)42-32)25-16-8-7-15-24(25)34/h4-8,11-18,26-28,38H,2-3,9-10,19-22H2,1H3/t26-,27+,28?,32+,33+/m1/s1. The van der Waals surface area contributed by atoms with Gasteiger partial charge in [-0.25, -0.2) is 0 Å². The van der Waals surface area contributed by atoms with Crippen molar-refractivity contribution in [3.63, 3.8) is 0 Å². The van der Waals surface area contributed by atoms with E-state index in [0.29, 0.717) is 36.6 Å². The molecular weight excluding hydrogens is 554 g/mol. The number of hydrogen-bond donors (Lipinski definition) is 1. The van der Waals surface area contributed by atoms with E-state index in [1.54, 1.807) is 26.8 Å². The third-order valence-corrected chi connectivity index (χ3v) is 9.39. The number of para-hydroxylation sites is 2. The summed E-state index contributed by atoms with van der Waals surface area (Å²) in [5.74, 6) is -2.42. The van der Waals surface area contributed by atoms with E-state index in [1.165, 1.54) is 0 Å². The van der Waals surface area contributed by atoms with Gasteiger partial charge in [0.1, 0.15) is 11.6 Å². The Kier molecular flexibility index (Phi) is 7.72. The highest BCUT2D eigenvalue weighted by Gasteiger charge is 2.74.